The number of hydrogen-bond acceptors (Lipinski definition) is 1. The van der Waals surface area contributed by atoms with Crippen LogP contribution in [0.1, 0.15) is 59.4 Å². The van der Waals surface area contributed by atoms with Crippen LogP contribution in [0.4, 0.5) is 5.69 Å². The van der Waals surface area contributed by atoms with E-state index in [0.717, 1.165) is 11.8 Å². The van der Waals surface area contributed by atoms with E-state index in [-0.39, 0.29) is 0 Å². The molecule has 1 aromatic carbocycles. The zero-order chi connectivity index (χ0) is 14.8. The molecule has 1 aliphatic heterocycles. The Morgan fingerprint density at radius 2 is 1.65 bits per heavy atom. The Morgan fingerprint density at radius 1 is 1.05 bits per heavy atom. The summed E-state index contributed by atoms with van der Waals surface area (Å²) in [6, 6.07) is 9.01. The van der Waals surface area contributed by atoms with E-state index >= 15 is 0 Å². The van der Waals surface area contributed by atoms with Gasteiger partial charge in [0.25, 0.3) is 0 Å². The van der Waals surface area contributed by atoms with Crippen molar-refractivity contribution < 1.29 is 0 Å². The summed E-state index contributed by atoms with van der Waals surface area (Å²) in [5, 5.41) is 0. The van der Waals surface area contributed by atoms with Crippen LogP contribution in [-0.2, 0) is 6.42 Å². The van der Waals surface area contributed by atoms with Crippen molar-refractivity contribution in [3.63, 3.8) is 0 Å². The Bertz CT molecular complexity index is 423. The molecule has 20 heavy (non-hydrogen) atoms. The first kappa shape index (κ1) is 15.4. The summed E-state index contributed by atoms with van der Waals surface area (Å²) < 4.78 is 0. The second-order valence-electron chi connectivity index (χ2n) is 7.30. The maximum absolute atomic E-state index is 2.74. The highest BCUT2D eigenvalue weighted by atomic mass is 15.2. The lowest BCUT2D eigenvalue weighted by molar-refractivity contribution is 0.258. The molecule has 0 N–H and O–H groups in total. The van der Waals surface area contributed by atoms with Crippen molar-refractivity contribution in [2.45, 2.75) is 65.8 Å². The van der Waals surface area contributed by atoms with Crippen molar-refractivity contribution in [2.75, 3.05) is 11.4 Å². The second kappa shape index (κ2) is 6.20. The van der Waals surface area contributed by atoms with Gasteiger partial charge in [-0.1, -0.05) is 52.8 Å². The minimum Gasteiger partial charge on any atom is -0.365 e. The third-order valence-electron chi connectivity index (χ3n) is 4.69. The zero-order valence-electron chi connectivity index (χ0n) is 13.9. The molecule has 0 bridgehead atoms. The predicted octanol–water partition coefficient (Wildman–Crippen LogP) is 5.29. The SMILES string of the molecule is CCC(CC(C)C)(CC(C)C)N1CCc2ccccc21. The summed E-state index contributed by atoms with van der Waals surface area (Å²) >= 11 is 0. The molecule has 0 aromatic heterocycles. The Balaban J connectivity index is 2.36. The van der Waals surface area contributed by atoms with Crippen molar-refractivity contribution in [3.05, 3.63) is 29.8 Å². The largest absolute Gasteiger partial charge is 0.365 e. The van der Waals surface area contributed by atoms with Crippen LogP contribution in [0.15, 0.2) is 24.3 Å². The van der Waals surface area contributed by atoms with Crippen LogP contribution in [0.25, 0.3) is 0 Å². The molecular formula is C19H31N. The van der Waals surface area contributed by atoms with E-state index in [4.69, 9.17) is 0 Å². The Kier molecular flexibility index (Phi) is 4.78. The van der Waals surface area contributed by atoms with Crippen LogP contribution < -0.4 is 4.90 Å². The van der Waals surface area contributed by atoms with E-state index < -0.39 is 0 Å². The van der Waals surface area contributed by atoms with Gasteiger partial charge >= 0.3 is 0 Å². The third-order valence-corrected chi connectivity index (χ3v) is 4.69. The molecule has 1 aliphatic rings. The highest BCUT2D eigenvalue weighted by Gasteiger charge is 2.39. The van der Waals surface area contributed by atoms with Gasteiger partial charge < -0.3 is 4.90 Å². The molecule has 1 aromatic rings. The van der Waals surface area contributed by atoms with E-state index in [0.29, 0.717) is 5.54 Å². The monoisotopic (exact) mass is 273 g/mol. The minimum atomic E-state index is 0.342. The first-order valence-electron chi connectivity index (χ1n) is 8.34. The number of benzene rings is 1. The standard InChI is InChI=1S/C19H31N/c1-6-19(13-15(2)3,14-16(4)5)20-12-11-17-9-7-8-10-18(17)20/h7-10,15-16H,6,11-14H2,1-5H3. The van der Waals surface area contributed by atoms with Gasteiger partial charge in [-0.2, -0.15) is 0 Å². The lowest BCUT2D eigenvalue weighted by Crippen LogP contribution is -2.49. The molecule has 0 unspecified atom stereocenters. The second-order valence-corrected chi connectivity index (χ2v) is 7.30. The van der Waals surface area contributed by atoms with E-state index in [9.17, 15) is 0 Å². The molecule has 0 saturated carbocycles. The van der Waals surface area contributed by atoms with Crippen molar-refractivity contribution in [1.29, 1.82) is 0 Å². The summed E-state index contributed by atoms with van der Waals surface area (Å²) in [4.78, 5) is 2.74. The number of rotatable bonds is 6. The fourth-order valence-electron chi connectivity index (χ4n) is 4.13. The molecule has 1 heteroatoms. The highest BCUT2D eigenvalue weighted by Crippen LogP contribution is 2.41. The minimum absolute atomic E-state index is 0.342. The Morgan fingerprint density at radius 3 is 2.20 bits per heavy atom. The summed E-state index contributed by atoms with van der Waals surface area (Å²) in [5.74, 6) is 1.50. The molecule has 1 heterocycles. The summed E-state index contributed by atoms with van der Waals surface area (Å²) in [6.07, 6.45) is 5.07. The molecule has 112 valence electrons. The molecule has 0 saturated heterocycles. The fraction of sp³-hybridized carbons (Fsp3) is 0.684. The number of hydrogen-bond donors (Lipinski definition) is 0. The lowest BCUT2D eigenvalue weighted by atomic mass is 9.78. The molecule has 0 atom stereocenters. The average molecular weight is 273 g/mol. The zero-order valence-corrected chi connectivity index (χ0v) is 13.9. The van der Waals surface area contributed by atoms with Gasteiger partial charge in [-0.3, -0.25) is 0 Å². The Labute approximate surface area is 125 Å². The molecule has 0 radical (unpaired) electrons. The normalized spacial score (nSPS) is 15.2. The molecule has 0 spiro atoms. The van der Waals surface area contributed by atoms with E-state index in [1.165, 1.54) is 43.5 Å². The molecular weight excluding hydrogens is 242 g/mol. The fourth-order valence-corrected chi connectivity index (χ4v) is 4.13. The van der Waals surface area contributed by atoms with Crippen molar-refractivity contribution in [3.8, 4) is 0 Å². The van der Waals surface area contributed by atoms with Crippen LogP contribution in [-0.4, -0.2) is 12.1 Å². The first-order valence-corrected chi connectivity index (χ1v) is 8.34. The van der Waals surface area contributed by atoms with Crippen molar-refractivity contribution >= 4 is 5.69 Å². The van der Waals surface area contributed by atoms with Crippen LogP contribution in [0.3, 0.4) is 0 Å². The van der Waals surface area contributed by atoms with Crippen molar-refractivity contribution in [1.82, 2.24) is 0 Å². The topological polar surface area (TPSA) is 3.24 Å². The summed E-state index contributed by atoms with van der Waals surface area (Å²) in [7, 11) is 0. The number of anilines is 1. The number of para-hydroxylation sites is 1. The van der Waals surface area contributed by atoms with Gasteiger partial charge in [-0.05, 0) is 49.1 Å². The van der Waals surface area contributed by atoms with E-state index in [1.54, 1.807) is 0 Å². The van der Waals surface area contributed by atoms with Crippen LogP contribution >= 0.6 is 0 Å². The average Bonchev–Trinajstić information content (AvgIpc) is 2.81. The molecule has 2 rings (SSSR count). The van der Waals surface area contributed by atoms with Gasteiger partial charge in [0, 0.05) is 17.8 Å². The molecule has 0 amide bonds. The number of fused-ring (bicyclic) bond motifs is 1. The quantitative estimate of drug-likeness (QED) is 0.680. The smallest absolute Gasteiger partial charge is 0.0404 e. The number of nitrogens with zero attached hydrogens (tertiary/aromatic N) is 1. The van der Waals surface area contributed by atoms with Crippen LogP contribution in [0.2, 0.25) is 0 Å². The van der Waals surface area contributed by atoms with Gasteiger partial charge in [0.15, 0.2) is 0 Å². The van der Waals surface area contributed by atoms with Crippen molar-refractivity contribution in [2.24, 2.45) is 11.8 Å². The van der Waals surface area contributed by atoms with Gasteiger partial charge in [0.05, 0.1) is 0 Å². The molecule has 1 nitrogen and oxygen atoms in total. The molecule has 0 fully saturated rings. The molecule has 0 aliphatic carbocycles. The van der Waals surface area contributed by atoms with E-state index in [1.807, 2.05) is 0 Å². The van der Waals surface area contributed by atoms with Crippen LogP contribution in [0.5, 0.6) is 0 Å². The van der Waals surface area contributed by atoms with Crippen LogP contribution in [0, 0.1) is 11.8 Å². The van der Waals surface area contributed by atoms with Gasteiger partial charge in [-0.15, -0.1) is 0 Å². The summed E-state index contributed by atoms with van der Waals surface area (Å²) in [5.41, 5.74) is 3.38. The highest BCUT2D eigenvalue weighted by molar-refractivity contribution is 5.60. The van der Waals surface area contributed by atoms with Gasteiger partial charge in [0.2, 0.25) is 0 Å². The first-order chi connectivity index (χ1) is 9.48. The lowest BCUT2D eigenvalue weighted by Gasteiger charge is -2.46. The summed E-state index contributed by atoms with van der Waals surface area (Å²) in [6.45, 7) is 13.1. The van der Waals surface area contributed by atoms with Gasteiger partial charge in [-0.25, -0.2) is 0 Å². The third kappa shape index (κ3) is 3.02. The maximum atomic E-state index is 2.74. The van der Waals surface area contributed by atoms with Gasteiger partial charge in [0.1, 0.15) is 0 Å². The Hall–Kier alpha value is -0.980. The maximum Gasteiger partial charge on any atom is 0.0404 e. The van der Waals surface area contributed by atoms with E-state index in [2.05, 4.69) is 63.8 Å². The predicted molar refractivity (Wildman–Crippen MR) is 89.4 cm³/mol.